The second kappa shape index (κ2) is 5.76. The Hall–Kier alpha value is -2.82. The minimum Gasteiger partial charge on any atom is -0.322 e. The first-order valence-electron chi connectivity index (χ1n) is 6.91. The topological polar surface area (TPSA) is 29.1 Å². The molecule has 0 bridgehead atoms. The fourth-order valence-corrected chi connectivity index (χ4v) is 2.31. The lowest BCUT2D eigenvalue weighted by Gasteiger charge is -2.10. The van der Waals surface area contributed by atoms with Crippen LogP contribution < -0.4 is 5.32 Å². The van der Waals surface area contributed by atoms with E-state index in [2.05, 4.69) is 5.32 Å². The number of fused-ring (bicyclic) bond motifs is 1. The van der Waals surface area contributed by atoms with Crippen LogP contribution in [0.5, 0.6) is 0 Å². The maximum atomic E-state index is 12.7. The molecule has 3 rings (SSSR count). The van der Waals surface area contributed by atoms with Crippen LogP contribution in [0.25, 0.3) is 10.8 Å². The molecule has 3 aromatic rings. The van der Waals surface area contributed by atoms with Crippen molar-refractivity contribution in [2.75, 3.05) is 5.32 Å². The Bertz CT molecular complexity index is 871. The van der Waals surface area contributed by atoms with Crippen molar-refractivity contribution in [3.63, 3.8) is 0 Å². The van der Waals surface area contributed by atoms with Crippen molar-refractivity contribution in [3.05, 3.63) is 77.9 Å². The van der Waals surface area contributed by atoms with Gasteiger partial charge in [0.25, 0.3) is 5.91 Å². The number of benzene rings is 3. The van der Waals surface area contributed by atoms with Crippen LogP contribution in [-0.4, -0.2) is 5.91 Å². The van der Waals surface area contributed by atoms with E-state index in [0.29, 0.717) is 5.56 Å². The van der Waals surface area contributed by atoms with Gasteiger partial charge < -0.3 is 5.32 Å². The largest absolute Gasteiger partial charge is 0.416 e. The van der Waals surface area contributed by atoms with E-state index >= 15 is 0 Å². The van der Waals surface area contributed by atoms with Crippen molar-refractivity contribution in [1.82, 2.24) is 0 Å². The molecule has 0 heterocycles. The standard InChI is InChI=1S/C18H12F3NO/c19-18(20,21)15-6-3-7-16(11-15)22-17(23)14-9-8-12-4-1-2-5-13(12)10-14/h1-11H,(H,22,23). The predicted octanol–water partition coefficient (Wildman–Crippen LogP) is 5.11. The summed E-state index contributed by atoms with van der Waals surface area (Å²) in [5.41, 5.74) is -0.298. The molecule has 0 unspecified atom stereocenters. The smallest absolute Gasteiger partial charge is 0.322 e. The Labute approximate surface area is 130 Å². The number of halogens is 3. The van der Waals surface area contributed by atoms with Gasteiger partial charge in [-0.3, -0.25) is 4.79 Å². The fourth-order valence-electron chi connectivity index (χ4n) is 2.31. The molecule has 0 saturated heterocycles. The van der Waals surface area contributed by atoms with Gasteiger partial charge in [0.2, 0.25) is 0 Å². The highest BCUT2D eigenvalue weighted by molar-refractivity contribution is 6.06. The van der Waals surface area contributed by atoms with Gasteiger partial charge in [-0.15, -0.1) is 0 Å². The van der Waals surface area contributed by atoms with Crippen LogP contribution in [0.3, 0.4) is 0 Å². The number of nitrogens with one attached hydrogen (secondary N) is 1. The summed E-state index contributed by atoms with van der Waals surface area (Å²) in [6.07, 6.45) is -4.44. The van der Waals surface area contributed by atoms with Gasteiger partial charge in [-0.2, -0.15) is 13.2 Å². The first-order chi connectivity index (χ1) is 10.9. The molecular formula is C18H12F3NO. The lowest BCUT2D eigenvalue weighted by Crippen LogP contribution is -2.13. The molecule has 0 radical (unpaired) electrons. The van der Waals surface area contributed by atoms with E-state index in [1.807, 2.05) is 24.3 Å². The molecule has 0 aromatic heterocycles. The molecule has 3 aromatic carbocycles. The van der Waals surface area contributed by atoms with Crippen molar-refractivity contribution in [1.29, 1.82) is 0 Å². The van der Waals surface area contributed by atoms with E-state index in [4.69, 9.17) is 0 Å². The third kappa shape index (κ3) is 3.34. The van der Waals surface area contributed by atoms with Gasteiger partial charge in [-0.1, -0.05) is 36.4 Å². The average molecular weight is 315 g/mol. The van der Waals surface area contributed by atoms with Crippen LogP contribution in [0.2, 0.25) is 0 Å². The molecule has 2 nitrogen and oxygen atoms in total. The molecule has 0 fully saturated rings. The van der Waals surface area contributed by atoms with Gasteiger partial charge >= 0.3 is 6.18 Å². The van der Waals surface area contributed by atoms with Crippen LogP contribution >= 0.6 is 0 Å². The van der Waals surface area contributed by atoms with E-state index < -0.39 is 17.6 Å². The molecule has 0 aliphatic carbocycles. The molecule has 23 heavy (non-hydrogen) atoms. The number of amides is 1. The molecule has 0 saturated carbocycles. The van der Waals surface area contributed by atoms with Gasteiger partial charge in [0.15, 0.2) is 0 Å². The van der Waals surface area contributed by atoms with Crippen molar-refractivity contribution in [2.45, 2.75) is 6.18 Å². The Morgan fingerprint density at radius 1 is 0.826 bits per heavy atom. The van der Waals surface area contributed by atoms with Crippen molar-refractivity contribution in [3.8, 4) is 0 Å². The Morgan fingerprint density at radius 3 is 2.30 bits per heavy atom. The van der Waals surface area contributed by atoms with Crippen LogP contribution in [0.1, 0.15) is 15.9 Å². The Balaban J connectivity index is 1.86. The Kier molecular flexibility index (Phi) is 3.78. The first kappa shape index (κ1) is 15.1. The van der Waals surface area contributed by atoms with E-state index in [0.717, 1.165) is 22.9 Å². The maximum Gasteiger partial charge on any atom is 0.416 e. The van der Waals surface area contributed by atoms with Crippen LogP contribution in [0.4, 0.5) is 18.9 Å². The zero-order valence-electron chi connectivity index (χ0n) is 11.9. The van der Waals surface area contributed by atoms with Gasteiger partial charge in [-0.05, 0) is 41.1 Å². The summed E-state index contributed by atoms with van der Waals surface area (Å²) in [6.45, 7) is 0. The number of rotatable bonds is 2. The zero-order chi connectivity index (χ0) is 16.4. The molecule has 116 valence electrons. The molecule has 0 atom stereocenters. The number of carbonyl (C=O) groups is 1. The molecular weight excluding hydrogens is 303 g/mol. The van der Waals surface area contributed by atoms with E-state index in [9.17, 15) is 18.0 Å². The number of alkyl halides is 3. The quantitative estimate of drug-likeness (QED) is 0.699. The molecule has 1 amide bonds. The lowest BCUT2D eigenvalue weighted by molar-refractivity contribution is -0.137. The monoisotopic (exact) mass is 315 g/mol. The van der Waals surface area contributed by atoms with Crippen LogP contribution in [-0.2, 0) is 6.18 Å². The molecule has 0 spiro atoms. The summed E-state index contributed by atoms with van der Waals surface area (Å²) in [5.74, 6) is -0.449. The third-order valence-electron chi connectivity index (χ3n) is 3.46. The second-order valence-corrected chi connectivity index (χ2v) is 5.09. The lowest BCUT2D eigenvalue weighted by atomic mass is 10.1. The summed E-state index contributed by atoms with van der Waals surface area (Å²) in [4.78, 5) is 12.2. The van der Waals surface area contributed by atoms with E-state index in [1.165, 1.54) is 12.1 Å². The van der Waals surface area contributed by atoms with Crippen molar-refractivity contribution in [2.24, 2.45) is 0 Å². The van der Waals surface area contributed by atoms with E-state index in [1.54, 1.807) is 18.2 Å². The highest BCUT2D eigenvalue weighted by Crippen LogP contribution is 2.30. The summed E-state index contributed by atoms with van der Waals surface area (Å²) in [6, 6.07) is 17.3. The van der Waals surface area contributed by atoms with Crippen LogP contribution in [0, 0.1) is 0 Å². The Morgan fingerprint density at radius 2 is 1.57 bits per heavy atom. The summed E-state index contributed by atoms with van der Waals surface area (Å²) < 4.78 is 38.1. The number of hydrogen-bond donors (Lipinski definition) is 1. The molecule has 0 aliphatic rings. The zero-order valence-corrected chi connectivity index (χ0v) is 11.9. The molecule has 1 N–H and O–H groups in total. The number of carbonyl (C=O) groups excluding carboxylic acids is 1. The minimum atomic E-state index is -4.44. The third-order valence-corrected chi connectivity index (χ3v) is 3.46. The maximum absolute atomic E-state index is 12.7. The highest BCUT2D eigenvalue weighted by atomic mass is 19.4. The van der Waals surface area contributed by atoms with Gasteiger partial charge in [0.05, 0.1) is 5.56 Å². The van der Waals surface area contributed by atoms with Crippen LogP contribution in [0.15, 0.2) is 66.7 Å². The van der Waals surface area contributed by atoms with Gasteiger partial charge in [0.1, 0.15) is 0 Å². The van der Waals surface area contributed by atoms with Gasteiger partial charge in [-0.25, -0.2) is 0 Å². The molecule has 0 aliphatic heterocycles. The van der Waals surface area contributed by atoms with Crippen molar-refractivity contribution >= 4 is 22.4 Å². The van der Waals surface area contributed by atoms with Gasteiger partial charge in [0, 0.05) is 11.3 Å². The van der Waals surface area contributed by atoms with Crippen molar-refractivity contribution < 1.29 is 18.0 Å². The van der Waals surface area contributed by atoms with E-state index in [-0.39, 0.29) is 5.69 Å². The number of hydrogen-bond acceptors (Lipinski definition) is 1. The number of anilines is 1. The SMILES string of the molecule is O=C(Nc1cccc(C(F)(F)F)c1)c1ccc2ccccc2c1. The molecule has 5 heteroatoms. The second-order valence-electron chi connectivity index (χ2n) is 5.09. The first-order valence-corrected chi connectivity index (χ1v) is 6.91. The predicted molar refractivity (Wildman–Crippen MR) is 83.3 cm³/mol. The summed E-state index contributed by atoms with van der Waals surface area (Å²) in [7, 11) is 0. The fraction of sp³-hybridized carbons (Fsp3) is 0.0556. The summed E-state index contributed by atoms with van der Waals surface area (Å²) >= 11 is 0. The summed E-state index contributed by atoms with van der Waals surface area (Å²) in [5, 5.41) is 4.38. The average Bonchev–Trinajstić information content (AvgIpc) is 2.54. The minimum absolute atomic E-state index is 0.109. The normalized spacial score (nSPS) is 11.4. The highest BCUT2D eigenvalue weighted by Gasteiger charge is 2.30.